The summed E-state index contributed by atoms with van der Waals surface area (Å²) in [5.74, 6) is -2.03. The summed E-state index contributed by atoms with van der Waals surface area (Å²) < 4.78 is 27.2. The van der Waals surface area contributed by atoms with E-state index in [0.717, 1.165) is 12.1 Å². The SMILES string of the molecule is N#Cc1ccc(CNC(=O)c2ccc(Cl)cc2F)c(F)c1. The smallest absolute Gasteiger partial charge is 0.254 e. The van der Waals surface area contributed by atoms with Crippen LogP contribution in [-0.4, -0.2) is 5.91 Å². The fourth-order valence-corrected chi connectivity index (χ4v) is 1.86. The van der Waals surface area contributed by atoms with Crippen LogP contribution in [0.5, 0.6) is 0 Å². The first-order valence-corrected chi connectivity index (χ1v) is 6.31. The highest BCUT2D eigenvalue weighted by Gasteiger charge is 2.12. The van der Waals surface area contributed by atoms with Crippen molar-refractivity contribution in [1.82, 2.24) is 5.32 Å². The number of rotatable bonds is 3. The molecule has 1 N–H and O–H groups in total. The van der Waals surface area contributed by atoms with E-state index in [1.165, 1.54) is 24.3 Å². The normalized spacial score (nSPS) is 10.0. The third-order valence-electron chi connectivity index (χ3n) is 2.80. The molecular weight excluding hydrogens is 298 g/mol. The van der Waals surface area contributed by atoms with Gasteiger partial charge in [-0.25, -0.2) is 8.78 Å². The molecule has 0 aliphatic carbocycles. The lowest BCUT2D eigenvalue weighted by atomic mass is 10.1. The fraction of sp³-hybridized carbons (Fsp3) is 0.0667. The van der Waals surface area contributed by atoms with Gasteiger partial charge in [-0.15, -0.1) is 0 Å². The highest BCUT2D eigenvalue weighted by molar-refractivity contribution is 6.30. The Morgan fingerprint density at radius 1 is 1.19 bits per heavy atom. The van der Waals surface area contributed by atoms with Crippen molar-refractivity contribution in [1.29, 1.82) is 5.26 Å². The molecule has 0 aliphatic rings. The molecule has 0 spiro atoms. The van der Waals surface area contributed by atoms with Crippen LogP contribution in [0, 0.1) is 23.0 Å². The quantitative estimate of drug-likeness (QED) is 0.944. The van der Waals surface area contributed by atoms with Crippen LogP contribution in [-0.2, 0) is 6.54 Å². The van der Waals surface area contributed by atoms with E-state index in [2.05, 4.69) is 5.32 Å². The number of benzene rings is 2. The van der Waals surface area contributed by atoms with E-state index in [4.69, 9.17) is 16.9 Å². The van der Waals surface area contributed by atoms with Gasteiger partial charge < -0.3 is 5.32 Å². The third-order valence-corrected chi connectivity index (χ3v) is 3.03. The fourth-order valence-electron chi connectivity index (χ4n) is 1.70. The molecule has 21 heavy (non-hydrogen) atoms. The number of nitrogens with zero attached hydrogens (tertiary/aromatic N) is 1. The molecule has 3 nitrogen and oxygen atoms in total. The second-order valence-corrected chi connectivity index (χ2v) is 4.66. The Balaban J connectivity index is 2.09. The van der Waals surface area contributed by atoms with Gasteiger partial charge in [-0.3, -0.25) is 4.79 Å². The Labute approximate surface area is 124 Å². The first kappa shape index (κ1) is 14.9. The number of halogens is 3. The molecule has 0 saturated carbocycles. The minimum atomic E-state index is -0.750. The number of hydrogen-bond acceptors (Lipinski definition) is 2. The van der Waals surface area contributed by atoms with Gasteiger partial charge in [0.1, 0.15) is 11.6 Å². The predicted octanol–water partition coefficient (Wildman–Crippen LogP) is 3.42. The van der Waals surface area contributed by atoms with E-state index in [0.29, 0.717) is 0 Å². The van der Waals surface area contributed by atoms with E-state index in [1.54, 1.807) is 0 Å². The summed E-state index contributed by atoms with van der Waals surface area (Å²) in [6.45, 7) is -0.113. The van der Waals surface area contributed by atoms with Crippen molar-refractivity contribution in [3.8, 4) is 6.07 Å². The van der Waals surface area contributed by atoms with Gasteiger partial charge >= 0.3 is 0 Å². The highest BCUT2D eigenvalue weighted by Crippen LogP contribution is 2.15. The van der Waals surface area contributed by atoms with Crippen LogP contribution in [0.3, 0.4) is 0 Å². The molecule has 0 radical (unpaired) electrons. The van der Waals surface area contributed by atoms with Crippen LogP contribution >= 0.6 is 11.6 Å². The monoisotopic (exact) mass is 306 g/mol. The van der Waals surface area contributed by atoms with Crippen molar-refractivity contribution in [3.05, 3.63) is 69.7 Å². The number of carbonyl (C=O) groups excluding carboxylic acids is 1. The predicted molar refractivity (Wildman–Crippen MR) is 73.7 cm³/mol. The number of hydrogen-bond donors (Lipinski definition) is 1. The van der Waals surface area contributed by atoms with E-state index < -0.39 is 17.5 Å². The Kier molecular flexibility index (Phi) is 4.51. The van der Waals surface area contributed by atoms with Gasteiger partial charge in [-0.1, -0.05) is 17.7 Å². The van der Waals surface area contributed by atoms with Crippen molar-refractivity contribution in [2.45, 2.75) is 6.54 Å². The Morgan fingerprint density at radius 2 is 1.95 bits per heavy atom. The van der Waals surface area contributed by atoms with Crippen LogP contribution in [0.25, 0.3) is 0 Å². The lowest BCUT2D eigenvalue weighted by molar-refractivity contribution is 0.0946. The molecule has 0 saturated heterocycles. The molecular formula is C15H9ClF2N2O. The average molecular weight is 307 g/mol. The molecule has 0 aliphatic heterocycles. The molecule has 1 amide bonds. The number of carbonyl (C=O) groups is 1. The standard InChI is InChI=1S/C15H9ClF2N2O/c16-11-3-4-12(14(18)6-11)15(21)20-8-10-2-1-9(7-19)5-13(10)17/h1-6H,8H2,(H,20,21). The number of amides is 1. The summed E-state index contributed by atoms with van der Waals surface area (Å²) in [5, 5.41) is 11.2. The molecule has 2 aromatic carbocycles. The summed E-state index contributed by atoms with van der Waals surface area (Å²) in [6, 6.07) is 9.39. The van der Waals surface area contributed by atoms with Crippen LogP contribution in [0.4, 0.5) is 8.78 Å². The minimum Gasteiger partial charge on any atom is -0.348 e. The molecule has 6 heteroatoms. The van der Waals surface area contributed by atoms with Crippen molar-refractivity contribution >= 4 is 17.5 Å². The Hall–Kier alpha value is -2.45. The molecule has 0 unspecified atom stereocenters. The third kappa shape index (κ3) is 3.56. The van der Waals surface area contributed by atoms with Gasteiger partial charge in [-0.05, 0) is 30.3 Å². The van der Waals surface area contributed by atoms with Crippen molar-refractivity contribution < 1.29 is 13.6 Å². The largest absolute Gasteiger partial charge is 0.348 e. The van der Waals surface area contributed by atoms with E-state index in [9.17, 15) is 13.6 Å². The lowest BCUT2D eigenvalue weighted by Crippen LogP contribution is -2.24. The maximum Gasteiger partial charge on any atom is 0.254 e. The molecule has 106 valence electrons. The molecule has 0 heterocycles. The molecule has 0 bridgehead atoms. The van der Waals surface area contributed by atoms with Gasteiger partial charge in [-0.2, -0.15) is 5.26 Å². The van der Waals surface area contributed by atoms with Crippen molar-refractivity contribution in [3.63, 3.8) is 0 Å². The topological polar surface area (TPSA) is 52.9 Å². The summed E-state index contributed by atoms with van der Waals surface area (Å²) >= 11 is 5.60. The molecule has 0 fully saturated rings. The first-order valence-electron chi connectivity index (χ1n) is 5.93. The highest BCUT2D eigenvalue weighted by atomic mass is 35.5. The molecule has 2 aromatic rings. The van der Waals surface area contributed by atoms with Gasteiger partial charge in [0.25, 0.3) is 5.91 Å². The second-order valence-electron chi connectivity index (χ2n) is 4.22. The first-order chi connectivity index (χ1) is 10.0. The Bertz CT molecular complexity index is 741. The number of nitriles is 1. The average Bonchev–Trinajstić information content (AvgIpc) is 2.45. The van der Waals surface area contributed by atoms with Crippen LogP contribution < -0.4 is 5.32 Å². The summed E-state index contributed by atoms with van der Waals surface area (Å²) in [6.07, 6.45) is 0. The number of nitrogens with one attached hydrogen (secondary N) is 1. The zero-order valence-corrected chi connectivity index (χ0v) is 11.4. The molecule has 0 aromatic heterocycles. The van der Waals surface area contributed by atoms with Crippen LogP contribution in [0.1, 0.15) is 21.5 Å². The zero-order valence-electron chi connectivity index (χ0n) is 10.7. The van der Waals surface area contributed by atoms with Gasteiger partial charge in [0.2, 0.25) is 0 Å². The maximum absolute atomic E-state index is 13.6. The van der Waals surface area contributed by atoms with Crippen molar-refractivity contribution in [2.24, 2.45) is 0 Å². The Morgan fingerprint density at radius 3 is 2.57 bits per heavy atom. The van der Waals surface area contributed by atoms with Gasteiger partial charge in [0.15, 0.2) is 0 Å². The molecule has 0 atom stereocenters. The van der Waals surface area contributed by atoms with Crippen molar-refractivity contribution in [2.75, 3.05) is 0 Å². The van der Waals surface area contributed by atoms with E-state index in [1.807, 2.05) is 6.07 Å². The van der Waals surface area contributed by atoms with Crippen LogP contribution in [0.2, 0.25) is 5.02 Å². The van der Waals surface area contributed by atoms with Gasteiger partial charge in [0, 0.05) is 17.1 Å². The second kappa shape index (κ2) is 6.33. The van der Waals surface area contributed by atoms with E-state index >= 15 is 0 Å². The minimum absolute atomic E-state index is 0.113. The lowest BCUT2D eigenvalue weighted by Gasteiger charge is -2.07. The zero-order chi connectivity index (χ0) is 15.4. The summed E-state index contributed by atoms with van der Waals surface area (Å²) in [7, 11) is 0. The van der Waals surface area contributed by atoms with Crippen LogP contribution in [0.15, 0.2) is 36.4 Å². The molecule has 2 rings (SSSR count). The van der Waals surface area contributed by atoms with Gasteiger partial charge in [0.05, 0.1) is 17.2 Å². The maximum atomic E-state index is 13.6. The summed E-state index contributed by atoms with van der Waals surface area (Å²) in [5.41, 5.74) is 0.219. The summed E-state index contributed by atoms with van der Waals surface area (Å²) in [4.78, 5) is 11.8. The van der Waals surface area contributed by atoms with E-state index in [-0.39, 0.29) is 28.3 Å².